The number of hydrogen-bond donors (Lipinski definition) is 0. The molecule has 0 aliphatic carbocycles. The number of hydrogen-bond acceptors (Lipinski definition) is 5. The molecule has 6 heteroatoms. The highest BCUT2D eigenvalue weighted by atomic mass is 32.1. The van der Waals surface area contributed by atoms with Gasteiger partial charge in [0.2, 0.25) is 0 Å². The molecule has 1 aliphatic rings. The van der Waals surface area contributed by atoms with Crippen molar-refractivity contribution in [3.63, 3.8) is 0 Å². The minimum absolute atomic E-state index is 0.311. The van der Waals surface area contributed by atoms with E-state index in [0.717, 1.165) is 45.9 Å². The smallest absolute Gasteiger partial charge is 0.170 e. The molecule has 4 rings (SSSR count). The number of thiophene rings is 1. The van der Waals surface area contributed by atoms with Gasteiger partial charge >= 0.3 is 0 Å². The highest BCUT2D eigenvalue weighted by Crippen LogP contribution is 2.43. The van der Waals surface area contributed by atoms with E-state index < -0.39 is 0 Å². The molecular weight excluding hydrogens is 348 g/mol. The summed E-state index contributed by atoms with van der Waals surface area (Å²) in [7, 11) is 1.65. The molecule has 5 nitrogen and oxygen atoms in total. The van der Waals surface area contributed by atoms with Crippen LogP contribution in [0.5, 0.6) is 11.5 Å². The maximum atomic E-state index is 11.5. The SMILES string of the molecule is COc1cc2c(cc1C=C(C)C)-c1c(c(C=O)nn1-c1ccsc1)CO2. The van der Waals surface area contributed by atoms with Crippen LogP contribution >= 0.6 is 11.3 Å². The molecule has 1 aromatic carbocycles. The summed E-state index contributed by atoms with van der Waals surface area (Å²) in [5.41, 5.74) is 6.10. The van der Waals surface area contributed by atoms with Gasteiger partial charge in [0.15, 0.2) is 6.29 Å². The first-order valence-corrected chi connectivity index (χ1v) is 9.16. The van der Waals surface area contributed by atoms with Crippen molar-refractivity contribution in [1.29, 1.82) is 0 Å². The number of nitrogens with zero attached hydrogens (tertiary/aromatic N) is 2. The highest BCUT2D eigenvalue weighted by molar-refractivity contribution is 7.08. The van der Waals surface area contributed by atoms with E-state index in [1.54, 1.807) is 18.4 Å². The van der Waals surface area contributed by atoms with Gasteiger partial charge in [-0.05, 0) is 31.4 Å². The second-order valence-electron chi connectivity index (χ2n) is 6.32. The van der Waals surface area contributed by atoms with Crippen LogP contribution in [-0.4, -0.2) is 23.2 Å². The fourth-order valence-electron chi connectivity index (χ4n) is 3.18. The second-order valence-corrected chi connectivity index (χ2v) is 7.10. The van der Waals surface area contributed by atoms with E-state index >= 15 is 0 Å². The van der Waals surface area contributed by atoms with Crippen molar-refractivity contribution in [2.75, 3.05) is 7.11 Å². The molecule has 3 heterocycles. The zero-order chi connectivity index (χ0) is 18.3. The Labute approximate surface area is 155 Å². The van der Waals surface area contributed by atoms with Crippen molar-refractivity contribution in [1.82, 2.24) is 9.78 Å². The minimum Gasteiger partial charge on any atom is -0.496 e. The van der Waals surface area contributed by atoms with E-state index in [1.807, 2.05) is 47.5 Å². The number of allylic oxidation sites excluding steroid dienone is 1. The van der Waals surface area contributed by atoms with Gasteiger partial charge in [-0.2, -0.15) is 16.4 Å². The van der Waals surface area contributed by atoms with Crippen molar-refractivity contribution in [2.45, 2.75) is 20.5 Å². The van der Waals surface area contributed by atoms with Gasteiger partial charge in [-0.25, -0.2) is 4.68 Å². The summed E-state index contributed by atoms with van der Waals surface area (Å²) in [4.78, 5) is 11.5. The van der Waals surface area contributed by atoms with E-state index in [1.165, 1.54) is 5.57 Å². The summed E-state index contributed by atoms with van der Waals surface area (Å²) >= 11 is 1.59. The second kappa shape index (κ2) is 6.46. The number of carbonyl (C=O) groups is 1. The summed E-state index contributed by atoms with van der Waals surface area (Å²) in [6.07, 6.45) is 2.86. The van der Waals surface area contributed by atoms with Gasteiger partial charge in [-0.15, -0.1) is 0 Å². The Morgan fingerprint density at radius 1 is 1.38 bits per heavy atom. The molecule has 132 valence electrons. The molecule has 0 fully saturated rings. The van der Waals surface area contributed by atoms with Crippen LogP contribution in [0.1, 0.15) is 35.5 Å². The van der Waals surface area contributed by atoms with Crippen molar-refractivity contribution in [2.24, 2.45) is 0 Å². The molecule has 0 radical (unpaired) electrons. The Morgan fingerprint density at radius 2 is 2.23 bits per heavy atom. The lowest BCUT2D eigenvalue weighted by Crippen LogP contribution is -2.09. The number of carbonyl (C=O) groups excluding carboxylic acids is 1. The largest absolute Gasteiger partial charge is 0.496 e. The van der Waals surface area contributed by atoms with Crippen molar-refractivity contribution in [3.8, 4) is 28.4 Å². The van der Waals surface area contributed by atoms with Gasteiger partial charge in [-0.3, -0.25) is 4.79 Å². The van der Waals surface area contributed by atoms with Crippen LogP contribution in [0.4, 0.5) is 0 Å². The summed E-state index contributed by atoms with van der Waals surface area (Å²) in [5.74, 6) is 1.49. The third kappa shape index (κ3) is 2.63. The average molecular weight is 366 g/mol. The van der Waals surface area contributed by atoms with Gasteiger partial charge in [0.05, 0.1) is 18.5 Å². The molecule has 0 saturated heterocycles. The van der Waals surface area contributed by atoms with Gasteiger partial charge in [0.1, 0.15) is 23.8 Å². The first-order chi connectivity index (χ1) is 12.6. The Hall–Kier alpha value is -2.86. The van der Waals surface area contributed by atoms with Crippen LogP contribution in [0, 0.1) is 0 Å². The molecular formula is C20H18N2O3S. The molecule has 0 saturated carbocycles. The summed E-state index contributed by atoms with van der Waals surface area (Å²) in [6, 6.07) is 5.93. The van der Waals surface area contributed by atoms with Crippen LogP contribution in [-0.2, 0) is 6.61 Å². The molecule has 26 heavy (non-hydrogen) atoms. The van der Waals surface area contributed by atoms with Gasteiger partial charge in [-0.1, -0.05) is 11.6 Å². The first kappa shape index (κ1) is 16.6. The first-order valence-electron chi connectivity index (χ1n) is 8.22. The zero-order valence-electron chi connectivity index (χ0n) is 14.8. The van der Waals surface area contributed by atoms with Crippen LogP contribution in [0.25, 0.3) is 23.0 Å². The lowest BCUT2D eigenvalue weighted by atomic mass is 9.98. The summed E-state index contributed by atoms with van der Waals surface area (Å²) < 4.78 is 13.3. The molecule has 0 amide bonds. The molecule has 0 unspecified atom stereocenters. The Morgan fingerprint density at radius 3 is 2.88 bits per heavy atom. The quantitative estimate of drug-likeness (QED) is 0.626. The number of rotatable bonds is 4. The van der Waals surface area contributed by atoms with E-state index in [-0.39, 0.29) is 0 Å². The van der Waals surface area contributed by atoms with Crippen LogP contribution < -0.4 is 9.47 Å². The maximum Gasteiger partial charge on any atom is 0.170 e. The predicted octanol–water partition coefficient (Wildman–Crippen LogP) is 4.74. The molecule has 0 N–H and O–H groups in total. The molecule has 1 aliphatic heterocycles. The molecule has 0 atom stereocenters. The average Bonchev–Trinajstić information content (AvgIpc) is 3.27. The van der Waals surface area contributed by atoms with Crippen LogP contribution in [0.2, 0.25) is 0 Å². The Balaban J connectivity index is 2.00. The monoisotopic (exact) mass is 366 g/mol. The van der Waals surface area contributed by atoms with Gasteiger partial charge in [0.25, 0.3) is 0 Å². The van der Waals surface area contributed by atoms with Crippen molar-refractivity contribution >= 4 is 23.7 Å². The third-order valence-corrected chi connectivity index (χ3v) is 4.95. The maximum absolute atomic E-state index is 11.5. The molecule has 2 aromatic heterocycles. The number of aromatic nitrogens is 2. The lowest BCUT2D eigenvalue weighted by molar-refractivity contribution is 0.111. The zero-order valence-corrected chi connectivity index (χ0v) is 15.6. The summed E-state index contributed by atoms with van der Waals surface area (Å²) in [5, 5.41) is 8.52. The molecule has 3 aromatic rings. The van der Waals surface area contributed by atoms with Gasteiger partial charge in [0, 0.05) is 28.1 Å². The highest BCUT2D eigenvalue weighted by Gasteiger charge is 2.28. The van der Waals surface area contributed by atoms with E-state index in [2.05, 4.69) is 11.2 Å². The van der Waals surface area contributed by atoms with Crippen LogP contribution in [0.3, 0.4) is 0 Å². The van der Waals surface area contributed by atoms with Crippen molar-refractivity contribution < 1.29 is 14.3 Å². The number of fused-ring (bicyclic) bond motifs is 3. The van der Waals surface area contributed by atoms with E-state index in [0.29, 0.717) is 12.3 Å². The van der Waals surface area contributed by atoms with E-state index in [9.17, 15) is 4.79 Å². The van der Waals surface area contributed by atoms with E-state index in [4.69, 9.17) is 9.47 Å². The topological polar surface area (TPSA) is 53.3 Å². The van der Waals surface area contributed by atoms with Crippen LogP contribution in [0.15, 0.2) is 34.5 Å². The summed E-state index contributed by atoms with van der Waals surface area (Å²) in [6.45, 7) is 4.40. The lowest BCUT2D eigenvalue weighted by Gasteiger charge is -2.21. The number of aldehydes is 1. The Kier molecular flexibility index (Phi) is 4.12. The standard InChI is InChI=1S/C20H18N2O3S/c1-12(2)6-13-7-15-19(8-18(13)24-3)25-10-16-17(9-23)21-22(20(15)16)14-4-5-26-11-14/h4-9,11H,10H2,1-3H3. The number of ether oxygens (including phenoxy) is 2. The normalized spacial score (nSPS) is 12.0. The minimum atomic E-state index is 0.311. The number of methoxy groups -OCH3 is 1. The fourth-order valence-corrected chi connectivity index (χ4v) is 3.79. The molecule has 0 spiro atoms. The van der Waals surface area contributed by atoms with Crippen molar-refractivity contribution in [3.05, 3.63) is 51.4 Å². The fraction of sp³-hybridized carbons (Fsp3) is 0.200. The number of benzene rings is 1. The molecule has 0 bridgehead atoms. The predicted molar refractivity (Wildman–Crippen MR) is 102 cm³/mol. The Bertz CT molecular complexity index is 1010. The van der Waals surface area contributed by atoms with Gasteiger partial charge < -0.3 is 9.47 Å². The third-order valence-electron chi connectivity index (χ3n) is 4.28.